The highest BCUT2D eigenvalue weighted by molar-refractivity contribution is 5.63. The molecule has 0 amide bonds. The van der Waals surface area contributed by atoms with Crippen molar-refractivity contribution in [2.45, 2.75) is 31.8 Å². The van der Waals surface area contributed by atoms with E-state index in [2.05, 4.69) is 29.9 Å². The van der Waals surface area contributed by atoms with Crippen LogP contribution in [0.3, 0.4) is 0 Å². The Morgan fingerprint density at radius 2 is 1.86 bits per heavy atom. The topological polar surface area (TPSA) is 38.0 Å². The van der Waals surface area contributed by atoms with Crippen LogP contribution in [0.25, 0.3) is 11.8 Å². The summed E-state index contributed by atoms with van der Waals surface area (Å²) in [5.74, 6) is 6.08. The first kappa shape index (κ1) is 17.9. The van der Waals surface area contributed by atoms with Gasteiger partial charge >= 0.3 is 0 Å². The van der Waals surface area contributed by atoms with Gasteiger partial charge in [0.2, 0.25) is 0 Å². The van der Waals surface area contributed by atoms with Gasteiger partial charge in [0.05, 0.1) is 17.6 Å². The molecule has 0 spiro atoms. The van der Waals surface area contributed by atoms with E-state index in [9.17, 15) is 9.50 Å². The lowest BCUT2D eigenvalue weighted by Gasteiger charge is -2.39. The van der Waals surface area contributed by atoms with Gasteiger partial charge in [-0.1, -0.05) is 42.5 Å². The molecule has 1 N–H and O–H groups in total. The van der Waals surface area contributed by atoms with Gasteiger partial charge in [0.15, 0.2) is 0 Å². The maximum absolute atomic E-state index is 13.3. The molecule has 4 heteroatoms. The SMILES string of the molecule is C[C@]12Cc3cnn(-c4ccc(F)cc4)c3C=C1CCC2(O)C#Cc1ccccc1. The molecule has 1 aromatic heterocycles. The molecular weight excluding hydrogens is 363 g/mol. The molecular formula is C25H21FN2O. The van der Waals surface area contributed by atoms with Gasteiger partial charge in [-0.15, -0.1) is 0 Å². The summed E-state index contributed by atoms with van der Waals surface area (Å²) in [7, 11) is 0. The summed E-state index contributed by atoms with van der Waals surface area (Å²) in [5.41, 5.74) is 3.47. The molecule has 1 unspecified atom stereocenters. The lowest BCUT2D eigenvalue weighted by Crippen LogP contribution is -2.44. The molecule has 2 aliphatic rings. The Morgan fingerprint density at radius 3 is 2.62 bits per heavy atom. The normalized spacial score (nSPS) is 24.9. The van der Waals surface area contributed by atoms with Gasteiger partial charge in [-0.3, -0.25) is 0 Å². The van der Waals surface area contributed by atoms with Gasteiger partial charge in [-0.05, 0) is 67.3 Å². The molecule has 29 heavy (non-hydrogen) atoms. The summed E-state index contributed by atoms with van der Waals surface area (Å²) in [6.45, 7) is 2.10. The molecule has 0 aliphatic heterocycles. The predicted molar refractivity (Wildman–Crippen MR) is 111 cm³/mol. The molecule has 3 aromatic rings. The van der Waals surface area contributed by atoms with Crippen LogP contribution in [-0.4, -0.2) is 20.5 Å². The van der Waals surface area contributed by atoms with E-state index in [-0.39, 0.29) is 5.82 Å². The quantitative estimate of drug-likeness (QED) is 0.626. The van der Waals surface area contributed by atoms with Crippen molar-refractivity contribution < 1.29 is 9.50 Å². The number of halogens is 1. The van der Waals surface area contributed by atoms with E-state index in [1.165, 1.54) is 17.7 Å². The first-order valence-electron chi connectivity index (χ1n) is 9.83. The second-order valence-corrected chi connectivity index (χ2v) is 8.10. The predicted octanol–water partition coefficient (Wildman–Crippen LogP) is 4.53. The Balaban J connectivity index is 1.53. The number of aliphatic hydroxyl groups is 1. The van der Waals surface area contributed by atoms with Gasteiger partial charge in [-0.2, -0.15) is 5.10 Å². The van der Waals surface area contributed by atoms with Crippen LogP contribution >= 0.6 is 0 Å². The van der Waals surface area contributed by atoms with Crippen LogP contribution < -0.4 is 0 Å². The van der Waals surface area contributed by atoms with Crippen molar-refractivity contribution in [2.24, 2.45) is 5.41 Å². The average molecular weight is 384 g/mol. The number of fused-ring (bicyclic) bond motifs is 2. The minimum atomic E-state index is -1.08. The summed E-state index contributed by atoms with van der Waals surface area (Å²) in [6, 6.07) is 16.1. The molecule has 3 nitrogen and oxygen atoms in total. The summed E-state index contributed by atoms with van der Waals surface area (Å²) in [4.78, 5) is 0. The van der Waals surface area contributed by atoms with Crippen molar-refractivity contribution in [3.05, 3.63) is 89.0 Å². The number of nitrogens with zero attached hydrogens (tertiary/aromatic N) is 2. The number of hydrogen-bond donors (Lipinski definition) is 1. The van der Waals surface area contributed by atoms with E-state index >= 15 is 0 Å². The Bertz CT molecular complexity index is 1170. The van der Waals surface area contributed by atoms with E-state index in [0.29, 0.717) is 12.8 Å². The number of aromatic nitrogens is 2. The van der Waals surface area contributed by atoms with Crippen molar-refractivity contribution in [1.82, 2.24) is 9.78 Å². The van der Waals surface area contributed by atoms with Crippen LogP contribution in [0.5, 0.6) is 0 Å². The van der Waals surface area contributed by atoms with Gasteiger partial charge in [-0.25, -0.2) is 9.07 Å². The molecule has 2 atom stereocenters. The number of rotatable bonds is 1. The molecule has 1 saturated carbocycles. The van der Waals surface area contributed by atoms with Crippen molar-refractivity contribution >= 4 is 6.08 Å². The zero-order chi connectivity index (χ0) is 20.1. The van der Waals surface area contributed by atoms with Crippen LogP contribution in [0, 0.1) is 23.1 Å². The van der Waals surface area contributed by atoms with E-state index in [0.717, 1.165) is 28.9 Å². The molecule has 2 aliphatic carbocycles. The van der Waals surface area contributed by atoms with E-state index in [1.807, 2.05) is 41.2 Å². The zero-order valence-corrected chi connectivity index (χ0v) is 16.2. The smallest absolute Gasteiger partial charge is 0.135 e. The Morgan fingerprint density at radius 1 is 1.10 bits per heavy atom. The maximum Gasteiger partial charge on any atom is 0.135 e. The minimum absolute atomic E-state index is 0.265. The molecule has 1 heterocycles. The maximum atomic E-state index is 13.3. The fraction of sp³-hybridized carbons (Fsp3) is 0.240. The highest BCUT2D eigenvalue weighted by Crippen LogP contribution is 2.55. The number of hydrogen-bond acceptors (Lipinski definition) is 2. The molecule has 1 fully saturated rings. The fourth-order valence-electron chi connectivity index (χ4n) is 4.54. The first-order chi connectivity index (χ1) is 14.0. The lowest BCUT2D eigenvalue weighted by atomic mass is 9.67. The van der Waals surface area contributed by atoms with Gasteiger partial charge in [0.1, 0.15) is 11.4 Å². The highest BCUT2D eigenvalue weighted by atomic mass is 19.1. The Kier molecular flexibility index (Phi) is 3.97. The lowest BCUT2D eigenvalue weighted by molar-refractivity contribution is 0.0153. The molecule has 0 bridgehead atoms. The molecule has 144 valence electrons. The molecule has 0 saturated heterocycles. The number of benzene rings is 2. The monoisotopic (exact) mass is 384 g/mol. The van der Waals surface area contributed by atoms with Gasteiger partial charge < -0.3 is 5.11 Å². The van der Waals surface area contributed by atoms with Crippen LogP contribution in [0.2, 0.25) is 0 Å². The van der Waals surface area contributed by atoms with E-state index in [1.54, 1.807) is 12.1 Å². The van der Waals surface area contributed by atoms with E-state index in [4.69, 9.17) is 0 Å². The van der Waals surface area contributed by atoms with Crippen LogP contribution in [0.4, 0.5) is 4.39 Å². The van der Waals surface area contributed by atoms with Crippen molar-refractivity contribution in [2.75, 3.05) is 0 Å². The zero-order valence-electron chi connectivity index (χ0n) is 16.2. The second-order valence-electron chi connectivity index (χ2n) is 8.10. The molecule has 2 aromatic carbocycles. The van der Waals surface area contributed by atoms with Crippen LogP contribution in [0.1, 0.15) is 36.6 Å². The van der Waals surface area contributed by atoms with Crippen molar-refractivity contribution in [1.29, 1.82) is 0 Å². The highest BCUT2D eigenvalue weighted by Gasteiger charge is 2.54. The minimum Gasteiger partial charge on any atom is -0.377 e. The standard InChI is InChI=1S/C25H21FN2O/c1-24-16-19-17-27-28(22-9-7-21(26)8-10-22)23(19)15-20(24)12-14-25(24,29)13-11-18-5-3-2-4-6-18/h2-10,15,17,29H,12,14,16H2,1H3/t24-,25?/m0/s1. The van der Waals surface area contributed by atoms with Gasteiger partial charge in [0.25, 0.3) is 0 Å². The fourth-order valence-corrected chi connectivity index (χ4v) is 4.54. The third-order valence-electron chi connectivity index (χ3n) is 6.38. The molecule has 0 radical (unpaired) electrons. The Hall–Kier alpha value is -3.16. The average Bonchev–Trinajstić information content (AvgIpc) is 3.24. The van der Waals surface area contributed by atoms with Crippen molar-refractivity contribution in [3.63, 3.8) is 0 Å². The Labute approximate surface area is 169 Å². The van der Waals surface area contributed by atoms with Gasteiger partial charge in [0, 0.05) is 11.0 Å². The molecule has 5 rings (SSSR count). The summed E-state index contributed by atoms with van der Waals surface area (Å²) in [6.07, 6.45) is 6.07. The second kappa shape index (κ2) is 6.43. The third-order valence-corrected chi connectivity index (χ3v) is 6.38. The first-order valence-corrected chi connectivity index (χ1v) is 9.83. The van der Waals surface area contributed by atoms with Crippen molar-refractivity contribution in [3.8, 4) is 17.5 Å². The summed E-state index contributed by atoms with van der Waals surface area (Å²) < 4.78 is 15.1. The third kappa shape index (κ3) is 2.82. The van der Waals surface area contributed by atoms with Crippen LogP contribution in [0.15, 0.2) is 66.4 Å². The summed E-state index contributed by atoms with van der Waals surface area (Å²) >= 11 is 0. The van der Waals surface area contributed by atoms with Crippen LogP contribution in [-0.2, 0) is 6.42 Å². The summed E-state index contributed by atoms with van der Waals surface area (Å²) in [5, 5.41) is 16.0. The largest absolute Gasteiger partial charge is 0.377 e. The van der Waals surface area contributed by atoms with E-state index < -0.39 is 11.0 Å².